The minimum Gasteiger partial charge on any atom is -0.482 e. The molecule has 0 amide bonds. The van der Waals surface area contributed by atoms with Crippen LogP contribution in [0.3, 0.4) is 0 Å². The molecule has 0 aliphatic heterocycles. The number of nitrogens with two attached hydrogens (primary N) is 1. The summed E-state index contributed by atoms with van der Waals surface area (Å²) < 4.78 is 9.84. The lowest BCUT2D eigenvalue weighted by molar-refractivity contribution is -0.142. The summed E-state index contributed by atoms with van der Waals surface area (Å²) >= 11 is 0. The highest BCUT2D eigenvalue weighted by Gasteiger charge is 2.03. The van der Waals surface area contributed by atoms with Gasteiger partial charge in [0.15, 0.2) is 6.61 Å². The standard InChI is InChI=1S/C14H15NO3/c1-17-14(16)9-18-13-5-4-11-6-10(8-15)2-3-12(11)7-13/h2-7H,8-9,15H2,1H3. The molecule has 0 saturated carbocycles. The van der Waals surface area contributed by atoms with E-state index in [-0.39, 0.29) is 6.61 Å². The molecule has 0 aliphatic rings. The summed E-state index contributed by atoms with van der Waals surface area (Å²) in [5.41, 5.74) is 6.68. The minimum absolute atomic E-state index is 0.0805. The van der Waals surface area contributed by atoms with Crippen molar-refractivity contribution in [2.75, 3.05) is 13.7 Å². The van der Waals surface area contributed by atoms with Gasteiger partial charge in [-0.1, -0.05) is 18.2 Å². The number of hydrogen-bond donors (Lipinski definition) is 1. The second kappa shape index (κ2) is 5.51. The fraction of sp³-hybridized carbons (Fsp3) is 0.214. The topological polar surface area (TPSA) is 61.5 Å². The fourth-order valence-corrected chi connectivity index (χ4v) is 1.69. The van der Waals surface area contributed by atoms with Crippen molar-refractivity contribution in [1.29, 1.82) is 0 Å². The lowest BCUT2D eigenvalue weighted by atomic mass is 10.1. The van der Waals surface area contributed by atoms with Crippen LogP contribution in [0.1, 0.15) is 5.56 Å². The lowest BCUT2D eigenvalue weighted by Crippen LogP contribution is -2.12. The largest absolute Gasteiger partial charge is 0.482 e. The van der Waals surface area contributed by atoms with Crippen LogP contribution >= 0.6 is 0 Å². The van der Waals surface area contributed by atoms with E-state index in [1.165, 1.54) is 7.11 Å². The van der Waals surface area contributed by atoms with E-state index >= 15 is 0 Å². The molecule has 0 fully saturated rings. The van der Waals surface area contributed by atoms with Crippen LogP contribution in [0.2, 0.25) is 0 Å². The second-order valence-electron chi connectivity index (χ2n) is 3.91. The van der Waals surface area contributed by atoms with Crippen molar-refractivity contribution in [2.24, 2.45) is 5.73 Å². The predicted molar refractivity (Wildman–Crippen MR) is 69.4 cm³/mol. The van der Waals surface area contributed by atoms with Gasteiger partial charge in [0.2, 0.25) is 0 Å². The van der Waals surface area contributed by atoms with Gasteiger partial charge in [0.1, 0.15) is 5.75 Å². The summed E-state index contributed by atoms with van der Waals surface area (Å²) in [4.78, 5) is 11.0. The monoisotopic (exact) mass is 245 g/mol. The molecule has 0 aromatic heterocycles. The Balaban J connectivity index is 2.20. The Kier molecular flexibility index (Phi) is 3.79. The zero-order valence-corrected chi connectivity index (χ0v) is 10.2. The van der Waals surface area contributed by atoms with Crippen molar-refractivity contribution in [3.05, 3.63) is 42.0 Å². The van der Waals surface area contributed by atoms with Gasteiger partial charge in [-0.15, -0.1) is 0 Å². The summed E-state index contributed by atoms with van der Waals surface area (Å²) in [7, 11) is 1.33. The molecule has 2 aromatic carbocycles. The molecule has 18 heavy (non-hydrogen) atoms. The number of carbonyl (C=O) groups excluding carboxylic acids is 1. The number of carbonyl (C=O) groups is 1. The highest BCUT2D eigenvalue weighted by atomic mass is 16.6. The van der Waals surface area contributed by atoms with Crippen molar-refractivity contribution < 1.29 is 14.3 Å². The molecular formula is C14H15NO3. The van der Waals surface area contributed by atoms with E-state index in [0.29, 0.717) is 12.3 Å². The van der Waals surface area contributed by atoms with Crippen LogP contribution in [-0.4, -0.2) is 19.7 Å². The molecule has 0 saturated heterocycles. The molecule has 0 unspecified atom stereocenters. The molecule has 4 heteroatoms. The van der Waals surface area contributed by atoms with E-state index in [1.54, 1.807) is 0 Å². The van der Waals surface area contributed by atoms with Gasteiger partial charge < -0.3 is 15.2 Å². The lowest BCUT2D eigenvalue weighted by Gasteiger charge is -2.07. The highest BCUT2D eigenvalue weighted by Crippen LogP contribution is 2.22. The molecule has 2 aromatic rings. The number of esters is 1. The SMILES string of the molecule is COC(=O)COc1ccc2cc(CN)ccc2c1. The quantitative estimate of drug-likeness (QED) is 0.835. The summed E-state index contributed by atoms with van der Waals surface area (Å²) in [6, 6.07) is 11.7. The Bertz CT molecular complexity index is 566. The summed E-state index contributed by atoms with van der Waals surface area (Å²) in [5, 5.41) is 2.15. The molecule has 0 spiro atoms. The van der Waals surface area contributed by atoms with Gasteiger partial charge in [0.25, 0.3) is 0 Å². The summed E-state index contributed by atoms with van der Waals surface area (Å²) in [6.07, 6.45) is 0. The molecule has 2 rings (SSSR count). The van der Waals surface area contributed by atoms with E-state index in [4.69, 9.17) is 10.5 Å². The van der Waals surface area contributed by atoms with Crippen LogP contribution < -0.4 is 10.5 Å². The third-order valence-electron chi connectivity index (χ3n) is 2.70. The Hall–Kier alpha value is -2.07. The van der Waals surface area contributed by atoms with Crippen molar-refractivity contribution in [2.45, 2.75) is 6.54 Å². The summed E-state index contributed by atoms with van der Waals surface area (Å²) in [5.74, 6) is 0.252. The van der Waals surface area contributed by atoms with E-state index in [9.17, 15) is 4.79 Å². The Morgan fingerprint density at radius 2 is 1.89 bits per heavy atom. The molecule has 0 atom stereocenters. The van der Waals surface area contributed by atoms with E-state index in [2.05, 4.69) is 4.74 Å². The van der Waals surface area contributed by atoms with E-state index < -0.39 is 5.97 Å². The zero-order chi connectivity index (χ0) is 13.0. The molecule has 0 aliphatic carbocycles. The first-order chi connectivity index (χ1) is 8.72. The van der Waals surface area contributed by atoms with Crippen LogP contribution in [0.15, 0.2) is 36.4 Å². The van der Waals surface area contributed by atoms with Gasteiger partial charge in [-0.05, 0) is 34.5 Å². The third-order valence-corrected chi connectivity index (χ3v) is 2.70. The maximum Gasteiger partial charge on any atom is 0.343 e. The van der Waals surface area contributed by atoms with Crippen LogP contribution in [0, 0.1) is 0 Å². The number of benzene rings is 2. The molecule has 94 valence electrons. The maximum absolute atomic E-state index is 11.0. The van der Waals surface area contributed by atoms with E-state index in [0.717, 1.165) is 16.3 Å². The van der Waals surface area contributed by atoms with Gasteiger partial charge in [-0.2, -0.15) is 0 Å². The first kappa shape index (κ1) is 12.4. The van der Waals surface area contributed by atoms with Gasteiger partial charge >= 0.3 is 5.97 Å². The molecule has 0 radical (unpaired) electrons. The average molecular weight is 245 g/mol. The number of rotatable bonds is 4. The number of hydrogen-bond acceptors (Lipinski definition) is 4. The maximum atomic E-state index is 11.0. The van der Waals surface area contributed by atoms with Gasteiger partial charge in [-0.25, -0.2) is 4.79 Å². The van der Waals surface area contributed by atoms with Gasteiger partial charge in [-0.3, -0.25) is 0 Å². The normalized spacial score (nSPS) is 10.3. The highest BCUT2D eigenvalue weighted by molar-refractivity contribution is 5.84. The van der Waals surface area contributed by atoms with Crippen molar-refractivity contribution in [3.63, 3.8) is 0 Å². The van der Waals surface area contributed by atoms with E-state index in [1.807, 2.05) is 36.4 Å². The minimum atomic E-state index is -0.395. The Morgan fingerprint density at radius 1 is 1.17 bits per heavy atom. The van der Waals surface area contributed by atoms with Crippen LogP contribution in [0.5, 0.6) is 5.75 Å². The van der Waals surface area contributed by atoms with Crippen molar-refractivity contribution in [3.8, 4) is 5.75 Å². The molecule has 4 nitrogen and oxygen atoms in total. The first-order valence-corrected chi connectivity index (χ1v) is 5.65. The van der Waals surface area contributed by atoms with Crippen LogP contribution in [0.4, 0.5) is 0 Å². The van der Waals surface area contributed by atoms with Gasteiger partial charge in [0, 0.05) is 6.54 Å². The zero-order valence-electron chi connectivity index (χ0n) is 10.2. The summed E-state index contributed by atoms with van der Waals surface area (Å²) in [6.45, 7) is 0.444. The van der Waals surface area contributed by atoms with Gasteiger partial charge in [0.05, 0.1) is 7.11 Å². The van der Waals surface area contributed by atoms with Crippen LogP contribution in [0.25, 0.3) is 10.8 Å². The molecule has 0 heterocycles. The molecule has 2 N–H and O–H groups in total. The Labute approximate surface area is 105 Å². The average Bonchev–Trinajstić information content (AvgIpc) is 2.43. The smallest absolute Gasteiger partial charge is 0.343 e. The van der Waals surface area contributed by atoms with Crippen molar-refractivity contribution >= 4 is 16.7 Å². The number of ether oxygens (including phenoxy) is 2. The first-order valence-electron chi connectivity index (χ1n) is 5.65. The molecular weight excluding hydrogens is 230 g/mol. The number of fused-ring (bicyclic) bond motifs is 1. The second-order valence-corrected chi connectivity index (χ2v) is 3.91. The number of methoxy groups -OCH3 is 1. The Morgan fingerprint density at radius 3 is 2.61 bits per heavy atom. The van der Waals surface area contributed by atoms with Crippen molar-refractivity contribution in [1.82, 2.24) is 0 Å². The van der Waals surface area contributed by atoms with Crippen LogP contribution in [-0.2, 0) is 16.1 Å². The predicted octanol–water partition coefficient (Wildman–Crippen LogP) is 1.85. The fourth-order valence-electron chi connectivity index (χ4n) is 1.69. The third kappa shape index (κ3) is 2.78. The molecule has 0 bridgehead atoms.